The highest BCUT2D eigenvalue weighted by molar-refractivity contribution is 7.09. The highest BCUT2D eigenvalue weighted by Crippen LogP contribution is 2.17. The van der Waals surface area contributed by atoms with Gasteiger partial charge < -0.3 is 15.2 Å². The lowest BCUT2D eigenvalue weighted by atomic mass is 10.2. The molecule has 5 heteroatoms. The summed E-state index contributed by atoms with van der Waals surface area (Å²) in [5.41, 5.74) is 0. The molecule has 0 aliphatic rings. The van der Waals surface area contributed by atoms with E-state index in [0.29, 0.717) is 23.4 Å². The summed E-state index contributed by atoms with van der Waals surface area (Å²) >= 11 is 7.63. The first kappa shape index (κ1) is 16.3. The molecule has 0 aliphatic carbocycles. The minimum Gasteiger partial charge on any atom is -0.491 e. The molecule has 0 saturated heterocycles. The van der Waals surface area contributed by atoms with E-state index in [9.17, 15) is 5.11 Å². The zero-order valence-corrected chi connectivity index (χ0v) is 13.5. The lowest BCUT2D eigenvalue weighted by Crippen LogP contribution is -2.37. The predicted octanol–water partition coefficient (Wildman–Crippen LogP) is 3.36. The molecule has 114 valence electrons. The van der Waals surface area contributed by atoms with Crippen molar-refractivity contribution in [2.75, 3.05) is 13.2 Å². The molecule has 2 atom stereocenters. The third-order valence-corrected chi connectivity index (χ3v) is 4.16. The number of hydrogen-bond donors (Lipinski definition) is 2. The van der Waals surface area contributed by atoms with Crippen LogP contribution in [0.15, 0.2) is 41.8 Å². The molecule has 0 saturated carbocycles. The monoisotopic (exact) mass is 325 g/mol. The Labute approximate surface area is 134 Å². The van der Waals surface area contributed by atoms with Gasteiger partial charge in [0.25, 0.3) is 0 Å². The topological polar surface area (TPSA) is 41.5 Å². The molecule has 1 aromatic heterocycles. The second kappa shape index (κ2) is 8.39. The van der Waals surface area contributed by atoms with Gasteiger partial charge in [-0.05, 0) is 43.0 Å². The Morgan fingerprint density at radius 2 is 2.19 bits per heavy atom. The van der Waals surface area contributed by atoms with Gasteiger partial charge in [-0.1, -0.05) is 23.7 Å². The van der Waals surface area contributed by atoms with Crippen LogP contribution in [0.25, 0.3) is 0 Å². The van der Waals surface area contributed by atoms with E-state index in [1.165, 1.54) is 4.88 Å². The fraction of sp³-hybridized carbons (Fsp3) is 0.375. The van der Waals surface area contributed by atoms with E-state index in [-0.39, 0.29) is 6.61 Å². The summed E-state index contributed by atoms with van der Waals surface area (Å²) in [4.78, 5) is 1.35. The maximum Gasteiger partial charge on any atom is 0.120 e. The first-order valence-corrected chi connectivity index (χ1v) is 8.21. The Morgan fingerprint density at radius 3 is 2.90 bits per heavy atom. The van der Waals surface area contributed by atoms with E-state index in [1.54, 1.807) is 23.5 Å². The number of ether oxygens (including phenoxy) is 1. The van der Waals surface area contributed by atoms with Crippen LogP contribution in [0.1, 0.15) is 11.8 Å². The fourth-order valence-corrected chi connectivity index (χ4v) is 2.96. The number of halogens is 1. The third kappa shape index (κ3) is 6.06. The number of benzene rings is 1. The minimum atomic E-state index is -0.547. The molecule has 0 fully saturated rings. The normalized spacial score (nSPS) is 13.9. The summed E-state index contributed by atoms with van der Waals surface area (Å²) in [6.45, 7) is 2.87. The summed E-state index contributed by atoms with van der Waals surface area (Å²) < 4.78 is 5.51. The highest BCUT2D eigenvalue weighted by atomic mass is 35.5. The minimum absolute atomic E-state index is 0.249. The van der Waals surface area contributed by atoms with Crippen molar-refractivity contribution in [2.45, 2.75) is 25.5 Å². The van der Waals surface area contributed by atoms with Crippen LogP contribution in [0.2, 0.25) is 5.02 Å². The van der Waals surface area contributed by atoms with Crippen molar-refractivity contribution in [1.82, 2.24) is 5.32 Å². The Bertz CT molecular complexity index is 533. The molecule has 0 aliphatic heterocycles. The summed E-state index contributed by atoms with van der Waals surface area (Å²) in [6, 6.07) is 11.7. The number of aliphatic hydroxyl groups excluding tert-OH is 1. The Balaban J connectivity index is 1.66. The first-order valence-electron chi connectivity index (χ1n) is 6.95. The van der Waals surface area contributed by atoms with Gasteiger partial charge in [-0.25, -0.2) is 0 Å². The van der Waals surface area contributed by atoms with Crippen LogP contribution in [0.3, 0.4) is 0 Å². The molecule has 3 nitrogen and oxygen atoms in total. The summed E-state index contributed by atoms with van der Waals surface area (Å²) in [7, 11) is 0. The highest BCUT2D eigenvalue weighted by Gasteiger charge is 2.09. The molecule has 2 rings (SSSR count). The Morgan fingerprint density at radius 1 is 1.33 bits per heavy atom. The van der Waals surface area contributed by atoms with Gasteiger partial charge in [-0.2, -0.15) is 0 Å². The summed E-state index contributed by atoms with van der Waals surface area (Å²) in [5, 5.41) is 16.0. The molecule has 2 N–H and O–H groups in total. The molecule has 0 bridgehead atoms. The molecular formula is C16H20ClNO2S. The second-order valence-corrected chi connectivity index (χ2v) is 6.48. The van der Waals surface area contributed by atoms with Gasteiger partial charge in [-0.3, -0.25) is 0 Å². The van der Waals surface area contributed by atoms with Crippen molar-refractivity contribution >= 4 is 22.9 Å². The molecule has 0 radical (unpaired) electrons. The Hall–Kier alpha value is -1.07. The van der Waals surface area contributed by atoms with Gasteiger partial charge in [0, 0.05) is 22.5 Å². The zero-order valence-electron chi connectivity index (χ0n) is 12.0. The van der Waals surface area contributed by atoms with Crippen LogP contribution in [0.4, 0.5) is 0 Å². The molecule has 1 aromatic carbocycles. The van der Waals surface area contributed by atoms with Crippen LogP contribution in [-0.2, 0) is 6.42 Å². The largest absolute Gasteiger partial charge is 0.491 e. The predicted molar refractivity (Wildman–Crippen MR) is 88.4 cm³/mol. The average molecular weight is 326 g/mol. The number of thiophene rings is 1. The van der Waals surface area contributed by atoms with Gasteiger partial charge >= 0.3 is 0 Å². The molecular weight excluding hydrogens is 306 g/mol. The van der Waals surface area contributed by atoms with Crippen molar-refractivity contribution in [3.05, 3.63) is 51.7 Å². The quantitative estimate of drug-likeness (QED) is 0.782. The van der Waals surface area contributed by atoms with E-state index in [4.69, 9.17) is 16.3 Å². The lowest BCUT2D eigenvalue weighted by molar-refractivity contribution is 0.104. The maximum absolute atomic E-state index is 9.94. The van der Waals surface area contributed by atoms with Crippen molar-refractivity contribution < 1.29 is 9.84 Å². The molecule has 21 heavy (non-hydrogen) atoms. The van der Waals surface area contributed by atoms with E-state index in [2.05, 4.69) is 29.8 Å². The van der Waals surface area contributed by atoms with Crippen LogP contribution >= 0.6 is 22.9 Å². The van der Waals surface area contributed by atoms with Gasteiger partial charge in [0.1, 0.15) is 18.5 Å². The number of rotatable bonds is 8. The fourth-order valence-electron chi connectivity index (χ4n) is 1.95. The first-order chi connectivity index (χ1) is 10.1. The summed E-state index contributed by atoms with van der Waals surface area (Å²) in [5.74, 6) is 0.674. The van der Waals surface area contributed by atoms with Gasteiger partial charge in [-0.15, -0.1) is 11.3 Å². The van der Waals surface area contributed by atoms with Gasteiger partial charge in [0.05, 0.1) is 0 Å². The second-order valence-electron chi connectivity index (χ2n) is 5.01. The maximum atomic E-state index is 9.94. The number of hydrogen-bond acceptors (Lipinski definition) is 4. The average Bonchev–Trinajstić information content (AvgIpc) is 2.96. The molecule has 0 amide bonds. The molecule has 2 unspecified atom stereocenters. The Kier molecular flexibility index (Phi) is 6.51. The van der Waals surface area contributed by atoms with Gasteiger partial charge in [0.15, 0.2) is 0 Å². The van der Waals surface area contributed by atoms with Crippen LogP contribution in [-0.4, -0.2) is 30.4 Å². The van der Waals surface area contributed by atoms with Crippen molar-refractivity contribution in [2.24, 2.45) is 0 Å². The van der Waals surface area contributed by atoms with Crippen molar-refractivity contribution in [3.63, 3.8) is 0 Å². The van der Waals surface area contributed by atoms with Crippen molar-refractivity contribution in [1.29, 1.82) is 0 Å². The van der Waals surface area contributed by atoms with Crippen LogP contribution in [0.5, 0.6) is 5.75 Å². The molecule has 0 spiro atoms. The zero-order chi connectivity index (χ0) is 15.1. The molecule has 1 heterocycles. The third-order valence-electron chi connectivity index (χ3n) is 3.03. The van der Waals surface area contributed by atoms with Crippen molar-refractivity contribution in [3.8, 4) is 5.75 Å². The number of aliphatic hydroxyl groups is 1. The molecule has 2 aromatic rings. The standard InChI is InChI=1S/C16H20ClNO2S/c1-12(8-16-6-3-7-21-16)18-10-14(19)11-20-15-5-2-4-13(17)9-15/h2-7,9,12,14,18-19H,8,10-11H2,1H3. The van der Waals surface area contributed by atoms with E-state index in [0.717, 1.165) is 6.42 Å². The van der Waals surface area contributed by atoms with E-state index >= 15 is 0 Å². The lowest BCUT2D eigenvalue weighted by Gasteiger charge is -2.17. The SMILES string of the molecule is CC(Cc1cccs1)NCC(O)COc1cccc(Cl)c1. The smallest absolute Gasteiger partial charge is 0.120 e. The van der Waals surface area contributed by atoms with E-state index < -0.39 is 6.10 Å². The van der Waals surface area contributed by atoms with E-state index in [1.807, 2.05) is 12.1 Å². The summed E-state index contributed by atoms with van der Waals surface area (Å²) in [6.07, 6.45) is 0.425. The van der Waals surface area contributed by atoms with Crippen LogP contribution < -0.4 is 10.1 Å². The van der Waals surface area contributed by atoms with Crippen LogP contribution in [0, 0.1) is 0 Å². The number of nitrogens with one attached hydrogen (secondary N) is 1. The van der Waals surface area contributed by atoms with Gasteiger partial charge in [0.2, 0.25) is 0 Å².